The van der Waals surface area contributed by atoms with Crippen LogP contribution in [0.4, 0.5) is 0 Å². The van der Waals surface area contributed by atoms with E-state index in [2.05, 4.69) is 9.97 Å². The Kier molecular flexibility index (Phi) is 4.50. The van der Waals surface area contributed by atoms with Crippen LogP contribution in [0.1, 0.15) is 19.3 Å². The van der Waals surface area contributed by atoms with Crippen molar-refractivity contribution in [1.29, 1.82) is 0 Å². The van der Waals surface area contributed by atoms with Crippen LogP contribution in [0.2, 0.25) is 0 Å². The van der Waals surface area contributed by atoms with Gasteiger partial charge in [0, 0.05) is 11.8 Å². The zero-order valence-corrected chi connectivity index (χ0v) is 12.1. The first-order valence-electron chi connectivity index (χ1n) is 5.73. The Morgan fingerprint density at radius 2 is 2.17 bits per heavy atom. The summed E-state index contributed by atoms with van der Waals surface area (Å²) in [5, 5.41) is 1.95. The number of carbonyl (C=O) groups excluding carboxylic acids is 1. The van der Waals surface area contributed by atoms with Gasteiger partial charge in [-0.1, -0.05) is 0 Å². The third kappa shape index (κ3) is 3.62. The molecule has 1 aliphatic carbocycles. The molecule has 0 bridgehead atoms. The second kappa shape index (κ2) is 5.93. The van der Waals surface area contributed by atoms with Gasteiger partial charge in [-0.3, -0.25) is 4.79 Å². The van der Waals surface area contributed by atoms with Crippen molar-refractivity contribution in [1.82, 2.24) is 9.97 Å². The Hall–Kier alpha value is -0.750. The van der Waals surface area contributed by atoms with E-state index in [1.807, 2.05) is 12.3 Å². The summed E-state index contributed by atoms with van der Waals surface area (Å²) in [5.74, 6) is 0.813. The lowest BCUT2D eigenvalue weighted by molar-refractivity contribution is -0.141. The first-order valence-corrected chi connectivity index (χ1v) is 7.94. The van der Waals surface area contributed by atoms with E-state index in [0.29, 0.717) is 6.42 Å². The van der Waals surface area contributed by atoms with Gasteiger partial charge in [-0.25, -0.2) is 9.97 Å². The number of aromatic nitrogens is 2. The molecule has 0 spiro atoms. The van der Waals surface area contributed by atoms with Crippen molar-refractivity contribution in [3.8, 4) is 0 Å². The number of methoxy groups -OCH3 is 1. The summed E-state index contributed by atoms with van der Waals surface area (Å²) in [6, 6.07) is 1.99. The zero-order valence-electron chi connectivity index (χ0n) is 10.5. The Labute approximate surface area is 115 Å². The summed E-state index contributed by atoms with van der Waals surface area (Å²) in [6.45, 7) is 0. The number of hydrogen-bond donors (Lipinski definition) is 0. The first kappa shape index (κ1) is 13.7. The van der Waals surface area contributed by atoms with E-state index in [-0.39, 0.29) is 11.4 Å². The van der Waals surface area contributed by atoms with E-state index in [1.165, 1.54) is 7.11 Å². The third-order valence-electron chi connectivity index (χ3n) is 3.06. The minimum Gasteiger partial charge on any atom is -0.469 e. The van der Waals surface area contributed by atoms with Gasteiger partial charge in [-0.05, 0) is 24.5 Å². The van der Waals surface area contributed by atoms with Gasteiger partial charge in [0.15, 0.2) is 0 Å². The predicted molar refractivity (Wildman–Crippen MR) is 72.8 cm³/mol. The maximum Gasteiger partial charge on any atom is 0.306 e. The normalized spacial score (nSPS) is 16.3. The molecule has 0 saturated heterocycles. The Bertz CT molecular complexity index is 436. The van der Waals surface area contributed by atoms with Gasteiger partial charge in [0.05, 0.1) is 13.5 Å². The summed E-state index contributed by atoms with van der Waals surface area (Å²) >= 11 is 3.31. The highest BCUT2D eigenvalue weighted by molar-refractivity contribution is 7.99. The second-order valence-corrected chi connectivity index (χ2v) is 6.26. The van der Waals surface area contributed by atoms with E-state index in [1.54, 1.807) is 29.9 Å². The molecule has 0 aromatic carbocycles. The number of carbonyl (C=O) groups is 1. The molecule has 1 heterocycles. The van der Waals surface area contributed by atoms with E-state index < -0.39 is 0 Å². The van der Waals surface area contributed by atoms with Crippen LogP contribution in [0.5, 0.6) is 0 Å². The fourth-order valence-corrected chi connectivity index (χ4v) is 3.29. The average molecular weight is 284 g/mol. The monoisotopic (exact) mass is 284 g/mol. The van der Waals surface area contributed by atoms with Crippen LogP contribution >= 0.6 is 23.5 Å². The van der Waals surface area contributed by atoms with Gasteiger partial charge in [0.25, 0.3) is 0 Å². The van der Waals surface area contributed by atoms with E-state index in [0.717, 1.165) is 28.6 Å². The molecule has 98 valence electrons. The minimum absolute atomic E-state index is 0.111. The van der Waals surface area contributed by atoms with Crippen molar-refractivity contribution in [3.05, 3.63) is 12.4 Å². The highest BCUT2D eigenvalue weighted by Crippen LogP contribution is 2.52. The summed E-state index contributed by atoms with van der Waals surface area (Å²) in [6.07, 6.45) is 6.33. The molecule has 0 unspecified atom stereocenters. The van der Waals surface area contributed by atoms with Crippen molar-refractivity contribution in [2.75, 3.05) is 19.1 Å². The molecule has 18 heavy (non-hydrogen) atoms. The molecule has 1 aliphatic rings. The molecule has 1 saturated carbocycles. The van der Waals surface area contributed by atoms with Crippen molar-refractivity contribution in [3.63, 3.8) is 0 Å². The molecule has 0 aliphatic heterocycles. The fraction of sp³-hybridized carbons (Fsp3) is 0.583. The SMILES string of the molecule is COC(=O)CC1(CSc2cc(SC)ncn2)CC1. The van der Waals surface area contributed by atoms with Gasteiger partial charge in [0.2, 0.25) is 0 Å². The number of hydrogen-bond acceptors (Lipinski definition) is 6. The lowest BCUT2D eigenvalue weighted by Crippen LogP contribution is -2.13. The lowest BCUT2D eigenvalue weighted by Gasteiger charge is -2.12. The quantitative estimate of drug-likeness (QED) is 0.455. The van der Waals surface area contributed by atoms with Gasteiger partial charge in [0.1, 0.15) is 16.4 Å². The molecular weight excluding hydrogens is 268 g/mol. The summed E-state index contributed by atoms with van der Waals surface area (Å²) < 4.78 is 4.74. The topological polar surface area (TPSA) is 52.1 Å². The fourth-order valence-electron chi connectivity index (χ4n) is 1.67. The highest BCUT2D eigenvalue weighted by atomic mass is 32.2. The molecule has 0 radical (unpaired) electrons. The van der Waals surface area contributed by atoms with Crippen molar-refractivity contribution < 1.29 is 9.53 Å². The molecule has 2 rings (SSSR count). The van der Waals surface area contributed by atoms with Crippen molar-refractivity contribution in [2.45, 2.75) is 29.3 Å². The number of esters is 1. The molecular formula is C12H16N2O2S2. The van der Waals surface area contributed by atoms with Crippen LogP contribution in [-0.2, 0) is 9.53 Å². The van der Waals surface area contributed by atoms with Crippen LogP contribution in [0.15, 0.2) is 22.4 Å². The molecule has 0 N–H and O–H groups in total. The average Bonchev–Trinajstić information content (AvgIpc) is 3.17. The Balaban J connectivity index is 1.89. The van der Waals surface area contributed by atoms with Crippen LogP contribution in [0, 0.1) is 5.41 Å². The van der Waals surface area contributed by atoms with Crippen LogP contribution < -0.4 is 0 Å². The minimum atomic E-state index is -0.111. The molecule has 4 nitrogen and oxygen atoms in total. The first-order chi connectivity index (χ1) is 8.67. The maximum absolute atomic E-state index is 11.3. The second-order valence-electron chi connectivity index (χ2n) is 4.44. The molecule has 1 aromatic heterocycles. The van der Waals surface area contributed by atoms with Crippen LogP contribution in [0.25, 0.3) is 0 Å². The third-order valence-corrected chi connectivity index (χ3v) is 4.97. The number of ether oxygens (including phenoxy) is 1. The number of rotatable bonds is 6. The Morgan fingerprint density at radius 3 is 2.78 bits per heavy atom. The standard InChI is InChI=1S/C12H16N2O2S2/c1-16-11(15)6-12(3-4-12)7-18-10-5-9(17-2)13-8-14-10/h5,8H,3-4,6-7H2,1-2H3. The van der Waals surface area contributed by atoms with Gasteiger partial charge >= 0.3 is 5.97 Å². The smallest absolute Gasteiger partial charge is 0.306 e. The summed E-state index contributed by atoms with van der Waals surface area (Å²) in [4.78, 5) is 19.7. The highest BCUT2D eigenvalue weighted by Gasteiger charge is 2.44. The van der Waals surface area contributed by atoms with E-state index in [4.69, 9.17) is 4.74 Å². The molecule has 0 atom stereocenters. The lowest BCUT2D eigenvalue weighted by atomic mass is 10.1. The summed E-state index contributed by atoms with van der Waals surface area (Å²) in [5.41, 5.74) is 0.141. The van der Waals surface area contributed by atoms with Gasteiger partial charge in [-0.15, -0.1) is 23.5 Å². The molecule has 1 fully saturated rings. The van der Waals surface area contributed by atoms with Crippen LogP contribution in [0.3, 0.4) is 0 Å². The van der Waals surface area contributed by atoms with Crippen molar-refractivity contribution >= 4 is 29.5 Å². The van der Waals surface area contributed by atoms with E-state index in [9.17, 15) is 4.79 Å². The molecule has 6 heteroatoms. The van der Waals surface area contributed by atoms with Gasteiger partial charge < -0.3 is 4.74 Å². The Morgan fingerprint density at radius 1 is 1.44 bits per heavy atom. The van der Waals surface area contributed by atoms with Crippen molar-refractivity contribution in [2.24, 2.45) is 5.41 Å². The number of nitrogens with zero attached hydrogens (tertiary/aromatic N) is 2. The summed E-state index contributed by atoms with van der Waals surface area (Å²) in [7, 11) is 1.45. The molecule has 0 amide bonds. The predicted octanol–water partition coefficient (Wildman–Crippen LogP) is 2.63. The van der Waals surface area contributed by atoms with Gasteiger partial charge in [-0.2, -0.15) is 0 Å². The largest absolute Gasteiger partial charge is 0.469 e. The zero-order chi connectivity index (χ0) is 13.0. The molecule has 1 aromatic rings. The van der Waals surface area contributed by atoms with E-state index >= 15 is 0 Å². The number of thioether (sulfide) groups is 2. The van der Waals surface area contributed by atoms with Crippen LogP contribution in [-0.4, -0.2) is 35.1 Å². The maximum atomic E-state index is 11.3.